The van der Waals surface area contributed by atoms with Crippen molar-refractivity contribution in [2.45, 2.75) is 26.2 Å². The number of carbonyl (C=O) groups is 2. The Balaban J connectivity index is 3.11. The number of benzene rings is 1. The lowest BCUT2D eigenvalue weighted by Crippen LogP contribution is -2.28. The Hall–Kier alpha value is -2.04. The highest BCUT2D eigenvalue weighted by Crippen LogP contribution is 2.31. The number of carboxylic acid groups (broad SMARTS) is 1. The minimum atomic E-state index is -1.14. The van der Waals surface area contributed by atoms with Gasteiger partial charge in [-0.15, -0.1) is 0 Å². The Morgan fingerprint density at radius 2 is 2.00 bits per heavy atom. The molecule has 1 rings (SSSR count). The number of amides is 1. The summed E-state index contributed by atoms with van der Waals surface area (Å²) in [6.45, 7) is 4.09. The van der Waals surface area contributed by atoms with E-state index in [0.717, 1.165) is 5.56 Å². The van der Waals surface area contributed by atoms with Crippen LogP contribution in [0.25, 0.3) is 0 Å². The summed E-state index contributed by atoms with van der Waals surface area (Å²) in [7, 11) is 3.07. The molecule has 0 radical (unpaired) electrons. The van der Waals surface area contributed by atoms with Gasteiger partial charge in [0.15, 0.2) is 0 Å². The van der Waals surface area contributed by atoms with Crippen LogP contribution in [0.1, 0.15) is 31.7 Å². The van der Waals surface area contributed by atoms with Crippen molar-refractivity contribution in [2.24, 2.45) is 0 Å². The summed E-state index contributed by atoms with van der Waals surface area (Å²) in [5.41, 5.74) is 1.64. The highest BCUT2D eigenvalue weighted by molar-refractivity contribution is 6.03. The maximum Gasteiger partial charge on any atom is 0.312 e. The van der Waals surface area contributed by atoms with E-state index in [9.17, 15) is 9.59 Å². The van der Waals surface area contributed by atoms with Gasteiger partial charge in [-0.3, -0.25) is 9.59 Å². The summed E-state index contributed by atoms with van der Waals surface area (Å²) in [5, 5.41) is 8.67. The molecule has 1 amide bonds. The van der Waals surface area contributed by atoms with Crippen LogP contribution in [0.2, 0.25) is 0 Å². The monoisotopic (exact) mass is 265 g/mol. The molecule has 0 heterocycles. The zero-order chi connectivity index (χ0) is 14.6. The molecule has 0 unspecified atom stereocenters. The van der Waals surface area contributed by atoms with Crippen molar-refractivity contribution in [3.63, 3.8) is 0 Å². The van der Waals surface area contributed by atoms with Crippen molar-refractivity contribution in [1.29, 1.82) is 0 Å². The summed E-state index contributed by atoms with van der Waals surface area (Å²) in [5.74, 6) is -0.763. The molecule has 0 aliphatic heterocycles. The predicted molar refractivity (Wildman–Crippen MR) is 72.7 cm³/mol. The predicted octanol–water partition coefficient (Wildman–Crippen LogP) is 2.26. The average Bonchev–Trinajstić information content (AvgIpc) is 2.36. The zero-order valence-electron chi connectivity index (χ0n) is 11.6. The van der Waals surface area contributed by atoms with Gasteiger partial charge in [-0.25, -0.2) is 0 Å². The van der Waals surface area contributed by atoms with E-state index in [4.69, 9.17) is 9.84 Å². The Labute approximate surface area is 112 Å². The van der Waals surface area contributed by atoms with Crippen LogP contribution >= 0.6 is 0 Å². The third-order valence-corrected chi connectivity index (χ3v) is 2.91. The molecule has 0 fully saturated rings. The standard InChI is InChI=1S/C14H19NO4/c1-9(2)10-5-6-12(19-4)11(7-10)15(3)13(16)8-14(17)18/h5-7,9H,8H2,1-4H3,(H,17,18). The van der Waals surface area contributed by atoms with Gasteiger partial charge in [0.2, 0.25) is 5.91 Å². The first-order valence-electron chi connectivity index (χ1n) is 6.03. The van der Waals surface area contributed by atoms with Crippen LogP contribution in [0.15, 0.2) is 18.2 Å². The number of methoxy groups -OCH3 is 1. The van der Waals surface area contributed by atoms with Gasteiger partial charge in [-0.1, -0.05) is 19.9 Å². The number of carbonyl (C=O) groups excluding carboxylic acids is 1. The molecule has 0 aliphatic carbocycles. The van der Waals surface area contributed by atoms with Gasteiger partial charge in [0.25, 0.3) is 0 Å². The number of anilines is 1. The number of rotatable bonds is 5. The smallest absolute Gasteiger partial charge is 0.312 e. The number of ether oxygens (including phenoxy) is 1. The summed E-state index contributed by atoms with van der Waals surface area (Å²) in [6.07, 6.45) is -0.536. The van der Waals surface area contributed by atoms with Gasteiger partial charge in [-0.2, -0.15) is 0 Å². The molecule has 5 heteroatoms. The summed E-state index contributed by atoms with van der Waals surface area (Å²) < 4.78 is 5.22. The molecule has 0 aliphatic rings. The molecule has 1 aromatic rings. The number of carboxylic acids is 1. The SMILES string of the molecule is COc1ccc(C(C)C)cc1N(C)C(=O)CC(=O)O. The average molecular weight is 265 g/mol. The quantitative estimate of drug-likeness (QED) is 0.829. The fraction of sp³-hybridized carbons (Fsp3) is 0.429. The normalized spacial score (nSPS) is 10.4. The molecular formula is C14H19NO4. The number of hydrogen-bond acceptors (Lipinski definition) is 3. The lowest BCUT2D eigenvalue weighted by atomic mass is 10.0. The van der Waals surface area contributed by atoms with Crippen molar-refractivity contribution < 1.29 is 19.4 Å². The highest BCUT2D eigenvalue weighted by Gasteiger charge is 2.18. The van der Waals surface area contributed by atoms with Crippen molar-refractivity contribution in [1.82, 2.24) is 0 Å². The molecule has 0 aromatic heterocycles. The molecule has 5 nitrogen and oxygen atoms in total. The Morgan fingerprint density at radius 3 is 2.47 bits per heavy atom. The minimum absolute atomic E-state index is 0.313. The molecule has 1 N–H and O–H groups in total. The van der Waals surface area contributed by atoms with E-state index in [-0.39, 0.29) is 0 Å². The Bertz CT molecular complexity index is 482. The summed E-state index contributed by atoms with van der Waals surface area (Å²) >= 11 is 0. The van der Waals surface area contributed by atoms with E-state index in [2.05, 4.69) is 0 Å². The van der Waals surface area contributed by atoms with Crippen molar-refractivity contribution in [3.8, 4) is 5.75 Å². The minimum Gasteiger partial charge on any atom is -0.495 e. The van der Waals surface area contributed by atoms with Gasteiger partial charge in [0, 0.05) is 7.05 Å². The Morgan fingerprint density at radius 1 is 1.37 bits per heavy atom. The van der Waals surface area contributed by atoms with Gasteiger partial charge in [0.05, 0.1) is 12.8 Å². The number of aliphatic carboxylic acids is 1. The maximum atomic E-state index is 11.8. The van der Waals surface area contributed by atoms with Crippen molar-refractivity contribution >= 4 is 17.6 Å². The van der Waals surface area contributed by atoms with Crippen LogP contribution in [-0.4, -0.2) is 31.1 Å². The number of nitrogens with zero attached hydrogens (tertiary/aromatic N) is 1. The topological polar surface area (TPSA) is 66.8 Å². The van der Waals surface area contributed by atoms with E-state index in [0.29, 0.717) is 17.4 Å². The molecule has 0 bridgehead atoms. The van der Waals surface area contributed by atoms with Gasteiger partial charge in [0.1, 0.15) is 12.2 Å². The maximum absolute atomic E-state index is 11.8. The summed E-state index contributed by atoms with van der Waals surface area (Å²) in [6, 6.07) is 5.57. The summed E-state index contributed by atoms with van der Waals surface area (Å²) in [4.78, 5) is 23.7. The first-order chi connectivity index (χ1) is 8.86. The fourth-order valence-electron chi connectivity index (χ4n) is 1.71. The van der Waals surface area contributed by atoms with Crippen molar-refractivity contribution in [3.05, 3.63) is 23.8 Å². The van der Waals surface area contributed by atoms with Crippen LogP contribution in [-0.2, 0) is 9.59 Å². The molecule has 0 spiro atoms. The van der Waals surface area contributed by atoms with E-state index in [1.165, 1.54) is 12.0 Å². The fourth-order valence-corrected chi connectivity index (χ4v) is 1.71. The third kappa shape index (κ3) is 3.71. The zero-order valence-corrected chi connectivity index (χ0v) is 11.6. The van der Waals surface area contributed by atoms with Gasteiger partial charge < -0.3 is 14.7 Å². The van der Waals surface area contributed by atoms with Crippen LogP contribution in [0.5, 0.6) is 5.75 Å². The second kappa shape index (κ2) is 6.22. The van der Waals surface area contributed by atoms with Gasteiger partial charge in [-0.05, 0) is 23.6 Å². The molecule has 0 saturated carbocycles. The first kappa shape index (κ1) is 15.0. The number of hydrogen-bond donors (Lipinski definition) is 1. The molecular weight excluding hydrogens is 246 g/mol. The molecule has 19 heavy (non-hydrogen) atoms. The van der Waals surface area contributed by atoms with Crippen LogP contribution < -0.4 is 9.64 Å². The van der Waals surface area contributed by atoms with E-state index < -0.39 is 18.3 Å². The second-order valence-corrected chi connectivity index (χ2v) is 4.61. The second-order valence-electron chi connectivity index (χ2n) is 4.61. The van der Waals surface area contributed by atoms with E-state index in [1.54, 1.807) is 13.1 Å². The molecule has 1 aromatic carbocycles. The largest absolute Gasteiger partial charge is 0.495 e. The van der Waals surface area contributed by atoms with Gasteiger partial charge >= 0.3 is 5.97 Å². The first-order valence-corrected chi connectivity index (χ1v) is 6.03. The van der Waals surface area contributed by atoms with Crippen LogP contribution in [0.3, 0.4) is 0 Å². The lowest BCUT2D eigenvalue weighted by Gasteiger charge is -2.21. The van der Waals surface area contributed by atoms with Crippen LogP contribution in [0, 0.1) is 0 Å². The van der Waals surface area contributed by atoms with Crippen LogP contribution in [0.4, 0.5) is 5.69 Å². The molecule has 0 atom stereocenters. The van der Waals surface area contributed by atoms with E-state index >= 15 is 0 Å². The molecule has 104 valence electrons. The lowest BCUT2D eigenvalue weighted by molar-refractivity contribution is -0.140. The Kier molecular flexibility index (Phi) is 4.92. The highest BCUT2D eigenvalue weighted by atomic mass is 16.5. The third-order valence-electron chi connectivity index (χ3n) is 2.91. The molecule has 0 saturated heterocycles. The van der Waals surface area contributed by atoms with E-state index in [1.807, 2.05) is 26.0 Å². The van der Waals surface area contributed by atoms with Crippen molar-refractivity contribution in [2.75, 3.05) is 19.1 Å².